The summed E-state index contributed by atoms with van der Waals surface area (Å²) < 4.78 is 43.2. The molecule has 0 unspecified atom stereocenters. The van der Waals surface area contributed by atoms with Crippen LogP contribution in [0.25, 0.3) is 10.9 Å². The summed E-state index contributed by atoms with van der Waals surface area (Å²) in [5, 5.41) is 10.8. The molecule has 0 radical (unpaired) electrons. The number of fused-ring (bicyclic) bond motifs is 1. The Bertz CT molecular complexity index is 1400. The van der Waals surface area contributed by atoms with Gasteiger partial charge in [-0.05, 0) is 49.6 Å². The van der Waals surface area contributed by atoms with E-state index < -0.39 is 27.4 Å². The second kappa shape index (κ2) is 10.8. The van der Waals surface area contributed by atoms with Crippen molar-refractivity contribution < 1.29 is 32.2 Å². The quantitative estimate of drug-likeness (QED) is 0.375. The minimum atomic E-state index is -3.99. The molecule has 36 heavy (non-hydrogen) atoms. The van der Waals surface area contributed by atoms with Gasteiger partial charge in [-0.25, -0.2) is 12.4 Å². The van der Waals surface area contributed by atoms with E-state index in [4.69, 9.17) is 14.2 Å². The molecule has 2 aromatic carbocycles. The molecule has 1 heterocycles. The van der Waals surface area contributed by atoms with E-state index in [9.17, 15) is 23.3 Å². The van der Waals surface area contributed by atoms with E-state index >= 15 is 0 Å². The number of nitrogens with zero attached hydrogens (tertiary/aromatic N) is 2. The molecule has 1 aromatic heterocycles. The lowest BCUT2D eigenvalue weighted by Gasteiger charge is -2.28. The summed E-state index contributed by atoms with van der Waals surface area (Å²) in [5.41, 5.74) is 0.353. The van der Waals surface area contributed by atoms with Gasteiger partial charge in [-0.1, -0.05) is 23.8 Å². The maximum absolute atomic E-state index is 13.5. The summed E-state index contributed by atoms with van der Waals surface area (Å²) >= 11 is 0. The predicted molar refractivity (Wildman–Crippen MR) is 132 cm³/mol. The lowest BCUT2D eigenvalue weighted by atomic mass is 9.73. The van der Waals surface area contributed by atoms with Gasteiger partial charge in [0, 0.05) is 24.4 Å². The number of aromatic nitrogens is 1. The van der Waals surface area contributed by atoms with Crippen LogP contribution in [0.3, 0.4) is 0 Å². The van der Waals surface area contributed by atoms with E-state index in [1.54, 1.807) is 30.3 Å². The number of rotatable bonds is 10. The standard InChI is InChI=1S/C26H28N2O7S/c1-18-5-7-19(8-6-18)36(31,32)28-16-13-20-21(9-10-22(33-2)25(20)28)26(17-27,14-11-23(29)34-3)15-12-24(30)35-4/h5-10,13,16H,11-12,14-15H2,1-4H3. The average molecular weight is 513 g/mol. The van der Waals surface area contributed by atoms with E-state index in [0.29, 0.717) is 16.7 Å². The molecule has 10 heteroatoms. The number of hydrogen-bond donors (Lipinski definition) is 0. The maximum atomic E-state index is 13.5. The second-order valence-corrected chi connectivity index (χ2v) is 10.2. The number of benzene rings is 2. The second-order valence-electron chi connectivity index (χ2n) is 8.35. The number of ether oxygens (including phenoxy) is 3. The Labute approximate surface area is 210 Å². The number of aryl methyl sites for hydroxylation is 1. The van der Waals surface area contributed by atoms with Gasteiger partial charge in [0.2, 0.25) is 0 Å². The number of carbonyl (C=O) groups is 2. The fraction of sp³-hybridized carbons (Fsp3) is 0.346. The highest BCUT2D eigenvalue weighted by atomic mass is 32.2. The van der Waals surface area contributed by atoms with Crippen molar-refractivity contribution in [3.05, 3.63) is 59.8 Å². The third-order valence-corrected chi connectivity index (χ3v) is 7.96. The van der Waals surface area contributed by atoms with Gasteiger partial charge in [0.1, 0.15) is 11.3 Å². The van der Waals surface area contributed by atoms with Crippen LogP contribution in [0.1, 0.15) is 36.8 Å². The molecule has 0 N–H and O–H groups in total. The molecule has 0 atom stereocenters. The van der Waals surface area contributed by atoms with Gasteiger partial charge in [-0.3, -0.25) is 9.59 Å². The van der Waals surface area contributed by atoms with Crippen LogP contribution in [0, 0.1) is 18.3 Å². The minimum absolute atomic E-state index is 0.0600. The highest BCUT2D eigenvalue weighted by molar-refractivity contribution is 7.90. The Kier molecular flexibility index (Phi) is 8.05. The first kappa shape index (κ1) is 26.8. The van der Waals surface area contributed by atoms with Crippen LogP contribution in [-0.2, 0) is 34.5 Å². The molecule has 3 aromatic rings. The van der Waals surface area contributed by atoms with Gasteiger partial charge in [0.15, 0.2) is 0 Å². The Morgan fingerprint density at radius 3 is 2.03 bits per heavy atom. The molecular weight excluding hydrogens is 484 g/mol. The van der Waals surface area contributed by atoms with E-state index in [-0.39, 0.29) is 36.1 Å². The summed E-state index contributed by atoms with van der Waals surface area (Å²) in [6.45, 7) is 1.86. The van der Waals surface area contributed by atoms with Crippen molar-refractivity contribution in [1.82, 2.24) is 3.97 Å². The lowest BCUT2D eigenvalue weighted by Crippen LogP contribution is -2.27. The molecule has 0 fully saturated rings. The van der Waals surface area contributed by atoms with Gasteiger partial charge in [-0.2, -0.15) is 5.26 Å². The highest BCUT2D eigenvalue weighted by Gasteiger charge is 2.37. The third kappa shape index (κ3) is 5.06. The van der Waals surface area contributed by atoms with Crippen LogP contribution in [0.2, 0.25) is 0 Å². The van der Waals surface area contributed by atoms with Gasteiger partial charge < -0.3 is 14.2 Å². The summed E-state index contributed by atoms with van der Waals surface area (Å²) in [6.07, 6.45) is 1.39. The number of nitriles is 1. The fourth-order valence-electron chi connectivity index (χ4n) is 4.21. The first-order valence-corrected chi connectivity index (χ1v) is 12.6. The van der Waals surface area contributed by atoms with Crippen LogP contribution in [0.5, 0.6) is 5.75 Å². The molecule has 0 amide bonds. The smallest absolute Gasteiger partial charge is 0.305 e. The zero-order valence-electron chi connectivity index (χ0n) is 20.6. The average Bonchev–Trinajstić information content (AvgIpc) is 3.35. The molecule has 9 nitrogen and oxygen atoms in total. The van der Waals surface area contributed by atoms with Gasteiger partial charge in [0.05, 0.1) is 37.7 Å². The molecule has 0 aliphatic carbocycles. The Morgan fingerprint density at radius 2 is 1.53 bits per heavy atom. The molecule has 0 saturated heterocycles. The fourth-order valence-corrected chi connectivity index (χ4v) is 5.57. The lowest BCUT2D eigenvalue weighted by molar-refractivity contribution is -0.141. The first-order valence-electron chi connectivity index (χ1n) is 11.2. The summed E-state index contributed by atoms with van der Waals surface area (Å²) in [5.74, 6) is -0.712. The molecule has 0 bridgehead atoms. The zero-order chi connectivity index (χ0) is 26.5. The molecular formula is C26H28N2O7S. The van der Waals surface area contributed by atoms with Gasteiger partial charge >= 0.3 is 11.9 Å². The summed E-state index contributed by atoms with van der Waals surface area (Å²) in [6, 6.07) is 13.6. The van der Waals surface area contributed by atoms with Crippen molar-refractivity contribution in [2.24, 2.45) is 0 Å². The van der Waals surface area contributed by atoms with Crippen molar-refractivity contribution in [1.29, 1.82) is 5.26 Å². The van der Waals surface area contributed by atoms with Crippen molar-refractivity contribution in [3.63, 3.8) is 0 Å². The van der Waals surface area contributed by atoms with Crippen LogP contribution in [-0.4, -0.2) is 45.7 Å². The van der Waals surface area contributed by atoms with E-state index in [1.807, 2.05) is 6.92 Å². The molecule has 0 aliphatic rings. The van der Waals surface area contributed by atoms with Crippen molar-refractivity contribution in [2.75, 3.05) is 21.3 Å². The normalized spacial score (nSPS) is 11.6. The zero-order valence-corrected chi connectivity index (χ0v) is 21.4. The Balaban J connectivity index is 2.25. The Morgan fingerprint density at radius 1 is 0.944 bits per heavy atom. The van der Waals surface area contributed by atoms with E-state index in [2.05, 4.69) is 6.07 Å². The topological polar surface area (TPSA) is 125 Å². The summed E-state index contributed by atoms with van der Waals surface area (Å²) in [4.78, 5) is 24.0. The number of hydrogen-bond acceptors (Lipinski definition) is 8. The largest absolute Gasteiger partial charge is 0.495 e. The SMILES string of the molecule is COC(=O)CCC(C#N)(CCC(=O)OC)c1ccc(OC)c2c1ccn2S(=O)(=O)c1ccc(C)cc1. The number of methoxy groups -OCH3 is 3. The van der Waals surface area contributed by atoms with Crippen LogP contribution >= 0.6 is 0 Å². The summed E-state index contributed by atoms with van der Waals surface area (Å²) in [7, 11) is -0.0546. The highest BCUT2D eigenvalue weighted by Crippen LogP contribution is 2.42. The van der Waals surface area contributed by atoms with E-state index in [0.717, 1.165) is 9.54 Å². The predicted octanol–water partition coefficient (Wildman–Crippen LogP) is 3.86. The molecule has 0 saturated carbocycles. The molecule has 190 valence electrons. The van der Waals surface area contributed by atoms with Gasteiger partial charge in [-0.15, -0.1) is 0 Å². The van der Waals surface area contributed by atoms with Crippen LogP contribution < -0.4 is 4.74 Å². The van der Waals surface area contributed by atoms with E-state index in [1.165, 1.54) is 39.7 Å². The van der Waals surface area contributed by atoms with Gasteiger partial charge in [0.25, 0.3) is 10.0 Å². The van der Waals surface area contributed by atoms with Crippen molar-refractivity contribution in [2.45, 2.75) is 42.9 Å². The molecule has 0 aliphatic heterocycles. The van der Waals surface area contributed by atoms with Crippen molar-refractivity contribution >= 4 is 32.9 Å². The number of esters is 2. The van der Waals surface area contributed by atoms with Crippen LogP contribution in [0.15, 0.2) is 53.6 Å². The maximum Gasteiger partial charge on any atom is 0.305 e. The Hall–Kier alpha value is -3.84. The van der Waals surface area contributed by atoms with Crippen molar-refractivity contribution in [3.8, 4) is 11.8 Å². The monoisotopic (exact) mass is 512 g/mol. The molecule has 3 rings (SSSR count). The third-order valence-electron chi connectivity index (χ3n) is 6.27. The number of carbonyl (C=O) groups excluding carboxylic acids is 2. The van der Waals surface area contributed by atoms with Crippen LogP contribution in [0.4, 0.5) is 0 Å². The first-order chi connectivity index (χ1) is 17.1. The molecule has 0 spiro atoms. The minimum Gasteiger partial charge on any atom is -0.495 e.